The number of aryl methyl sites for hydroxylation is 1. The third-order valence-electron chi connectivity index (χ3n) is 4.71. The minimum absolute atomic E-state index is 0.0710. The minimum Gasteiger partial charge on any atom is -0.484 e. The van der Waals surface area contributed by atoms with E-state index in [2.05, 4.69) is 5.32 Å². The van der Waals surface area contributed by atoms with Crippen LogP contribution in [0.4, 0.5) is 11.4 Å². The second kappa shape index (κ2) is 9.23. The normalized spacial score (nSPS) is 13.3. The van der Waals surface area contributed by atoms with E-state index < -0.39 is 0 Å². The first-order valence-corrected chi connectivity index (χ1v) is 9.56. The maximum absolute atomic E-state index is 12.3. The average Bonchev–Trinajstić information content (AvgIpc) is 3.14. The Balaban J connectivity index is 1.49. The number of carbonyl (C=O) groups is 3. The van der Waals surface area contributed by atoms with Crippen molar-refractivity contribution in [3.05, 3.63) is 54.1 Å². The molecule has 0 aliphatic carbocycles. The van der Waals surface area contributed by atoms with Gasteiger partial charge in [0.15, 0.2) is 6.61 Å². The van der Waals surface area contributed by atoms with Crippen LogP contribution in [0.1, 0.15) is 18.4 Å². The van der Waals surface area contributed by atoms with E-state index in [1.807, 2.05) is 37.3 Å². The van der Waals surface area contributed by atoms with E-state index in [1.165, 1.54) is 4.90 Å². The van der Waals surface area contributed by atoms with Crippen LogP contribution in [0.25, 0.3) is 0 Å². The molecule has 0 saturated carbocycles. The summed E-state index contributed by atoms with van der Waals surface area (Å²) >= 11 is 0. The maximum atomic E-state index is 12.3. The van der Waals surface area contributed by atoms with Gasteiger partial charge in [-0.15, -0.1) is 0 Å². The highest BCUT2D eigenvalue weighted by atomic mass is 16.5. The molecule has 0 unspecified atom stereocenters. The molecule has 152 valence electrons. The van der Waals surface area contributed by atoms with Gasteiger partial charge in [0.1, 0.15) is 5.75 Å². The van der Waals surface area contributed by atoms with Crippen LogP contribution in [0.15, 0.2) is 48.5 Å². The molecular formula is C22H25N3O4. The minimum atomic E-state index is -0.313. The summed E-state index contributed by atoms with van der Waals surface area (Å²) in [7, 11) is 1.56. The number of benzene rings is 2. The lowest BCUT2D eigenvalue weighted by Gasteiger charge is -2.19. The van der Waals surface area contributed by atoms with E-state index in [1.54, 1.807) is 30.1 Å². The molecule has 2 aromatic carbocycles. The molecule has 1 heterocycles. The van der Waals surface area contributed by atoms with E-state index in [0.29, 0.717) is 24.4 Å². The summed E-state index contributed by atoms with van der Waals surface area (Å²) in [6.45, 7) is 2.40. The van der Waals surface area contributed by atoms with Crippen molar-refractivity contribution in [1.82, 2.24) is 4.90 Å². The zero-order chi connectivity index (χ0) is 20.8. The number of ether oxygens (including phenoxy) is 1. The van der Waals surface area contributed by atoms with Gasteiger partial charge in [0.05, 0.1) is 6.54 Å². The van der Waals surface area contributed by atoms with Crippen molar-refractivity contribution in [2.24, 2.45) is 0 Å². The number of carbonyl (C=O) groups excluding carboxylic acids is 3. The predicted molar refractivity (Wildman–Crippen MR) is 111 cm³/mol. The quantitative estimate of drug-likeness (QED) is 0.782. The number of rotatable bonds is 7. The van der Waals surface area contributed by atoms with Gasteiger partial charge < -0.3 is 19.9 Å². The summed E-state index contributed by atoms with van der Waals surface area (Å²) in [6, 6.07) is 14.6. The van der Waals surface area contributed by atoms with Gasteiger partial charge in [-0.05, 0) is 37.6 Å². The van der Waals surface area contributed by atoms with Crippen molar-refractivity contribution < 1.29 is 19.1 Å². The molecule has 1 aliphatic heterocycles. The highest BCUT2D eigenvalue weighted by Gasteiger charge is 2.22. The number of amides is 3. The van der Waals surface area contributed by atoms with Crippen molar-refractivity contribution in [1.29, 1.82) is 0 Å². The molecule has 3 rings (SSSR count). The summed E-state index contributed by atoms with van der Waals surface area (Å²) in [5.74, 6) is 0.0107. The lowest BCUT2D eigenvalue weighted by Crippen LogP contribution is -2.37. The molecule has 3 amide bonds. The molecule has 0 bridgehead atoms. The van der Waals surface area contributed by atoms with Gasteiger partial charge in [0, 0.05) is 37.5 Å². The first-order chi connectivity index (χ1) is 13.9. The van der Waals surface area contributed by atoms with Gasteiger partial charge in [-0.1, -0.05) is 23.8 Å². The van der Waals surface area contributed by atoms with E-state index in [0.717, 1.165) is 17.7 Å². The summed E-state index contributed by atoms with van der Waals surface area (Å²) in [6.07, 6.45) is 1.40. The van der Waals surface area contributed by atoms with Gasteiger partial charge in [0.2, 0.25) is 11.8 Å². The Labute approximate surface area is 170 Å². The van der Waals surface area contributed by atoms with Gasteiger partial charge >= 0.3 is 0 Å². The van der Waals surface area contributed by atoms with Crippen LogP contribution < -0.4 is 15.0 Å². The van der Waals surface area contributed by atoms with Crippen molar-refractivity contribution in [3.63, 3.8) is 0 Å². The summed E-state index contributed by atoms with van der Waals surface area (Å²) in [5.41, 5.74) is 2.56. The van der Waals surface area contributed by atoms with E-state index in [-0.39, 0.29) is 30.9 Å². The molecule has 7 heteroatoms. The molecule has 7 nitrogen and oxygen atoms in total. The molecule has 0 atom stereocenters. The number of nitrogens with one attached hydrogen (secondary N) is 1. The second-order valence-corrected chi connectivity index (χ2v) is 7.10. The Kier molecular flexibility index (Phi) is 6.49. The number of hydrogen-bond donors (Lipinski definition) is 1. The molecule has 0 radical (unpaired) electrons. The molecule has 2 aromatic rings. The van der Waals surface area contributed by atoms with E-state index in [9.17, 15) is 14.4 Å². The highest BCUT2D eigenvalue weighted by Crippen LogP contribution is 2.25. The van der Waals surface area contributed by atoms with Crippen molar-refractivity contribution in [3.8, 4) is 5.75 Å². The standard InChI is InChI=1S/C22H25N3O4/c1-16-8-10-17(11-9-16)23-20(26)14-24(2)22(28)15-29-19-6-3-5-18(13-19)25-12-4-7-21(25)27/h3,5-6,8-11,13H,4,7,12,14-15H2,1-2H3,(H,23,26). The zero-order valence-corrected chi connectivity index (χ0v) is 16.7. The topological polar surface area (TPSA) is 79.0 Å². The summed E-state index contributed by atoms with van der Waals surface area (Å²) in [5, 5.41) is 2.76. The molecule has 1 aliphatic rings. The summed E-state index contributed by atoms with van der Waals surface area (Å²) in [4.78, 5) is 39.3. The van der Waals surface area contributed by atoms with E-state index in [4.69, 9.17) is 4.74 Å². The molecule has 1 N–H and O–H groups in total. The van der Waals surface area contributed by atoms with Gasteiger partial charge in [-0.3, -0.25) is 14.4 Å². The predicted octanol–water partition coefficient (Wildman–Crippen LogP) is 2.60. The highest BCUT2D eigenvalue weighted by molar-refractivity contribution is 5.96. The third-order valence-corrected chi connectivity index (χ3v) is 4.71. The van der Waals surface area contributed by atoms with E-state index >= 15 is 0 Å². The SMILES string of the molecule is Cc1ccc(NC(=O)CN(C)C(=O)COc2cccc(N3CCCC3=O)c2)cc1. The second-order valence-electron chi connectivity index (χ2n) is 7.10. The van der Waals surface area contributed by atoms with Crippen LogP contribution >= 0.6 is 0 Å². The fraction of sp³-hybridized carbons (Fsp3) is 0.318. The fourth-order valence-corrected chi connectivity index (χ4v) is 3.06. The Bertz CT molecular complexity index is 895. The lowest BCUT2D eigenvalue weighted by molar-refractivity contribution is -0.135. The van der Waals surface area contributed by atoms with Crippen LogP contribution in [-0.4, -0.2) is 49.4 Å². The molecule has 29 heavy (non-hydrogen) atoms. The first-order valence-electron chi connectivity index (χ1n) is 9.56. The Morgan fingerprint density at radius 1 is 1.17 bits per heavy atom. The Morgan fingerprint density at radius 2 is 1.93 bits per heavy atom. The molecular weight excluding hydrogens is 370 g/mol. The smallest absolute Gasteiger partial charge is 0.260 e. The Morgan fingerprint density at radius 3 is 2.62 bits per heavy atom. The van der Waals surface area contributed by atoms with Crippen LogP contribution in [0, 0.1) is 6.92 Å². The maximum Gasteiger partial charge on any atom is 0.260 e. The fourth-order valence-electron chi connectivity index (χ4n) is 3.06. The van der Waals surface area contributed by atoms with Crippen LogP contribution in [0.3, 0.4) is 0 Å². The molecule has 1 saturated heterocycles. The number of anilines is 2. The van der Waals surface area contributed by atoms with Crippen LogP contribution in [0.5, 0.6) is 5.75 Å². The van der Waals surface area contributed by atoms with Gasteiger partial charge in [-0.2, -0.15) is 0 Å². The zero-order valence-electron chi connectivity index (χ0n) is 16.7. The van der Waals surface area contributed by atoms with Crippen molar-refractivity contribution >= 4 is 29.1 Å². The molecule has 0 aromatic heterocycles. The Hall–Kier alpha value is -3.35. The molecule has 0 spiro atoms. The number of nitrogens with zero attached hydrogens (tertiary/aromatic N) is 2. The first kappa shape index (κ1) is 20.4. The molecule has 1 fully saturated rings. The number of hydrogen-bond acceptors (Lipinski definition) is 4. The largest absolute Gasteiger partial charge is 0.484 e. The monoisotopic (exact) mass is 395 g/mol. The summed E-state index contributed by atoms with van der Waals surface area (Å²) < 4.78 is 5.58. The van der Waals surface area contributed by atoms with Crippen LogP contribution in [0.2, 0.25) is 0 Å². The average molecular weight is 395 g/mol. The van der Waals surface area contributed by atoms with Gasteiger partial charge in [0.25, 0.3) is 5.91 Å². The van der Waals surface area contributed by atoms with Gasteiger partial charge in [-0.25, -0.2) is 0 Å². The third kappa shape index (κ3) is 5.57. The number of likely N-dealkylation sites (N-methyl/N-ethyl adjacent to an activating group) is 1. The lowest BCUT2D eigenvalue weighted by atomic mass is 10.2. The van der Waals surface area contributed by atoms with Crippen LogP contribution in [-0.2, 0) is 14.4 Å². The van der Waals surface area contributed by atoms with Crippen molar-refractivity contribution in [2.75, 3.05) is 37.0 Å². The van der Waals surface area contributed by atoms with Crippen molar-refractivity contribution in [2.45, 2.75) is 19.8 Å².